The Morgan fingerprint density at radius 1 is 0.150 bits per heavy atom. The molecule has 0 radical (unpaired) electrons. The first-order valence-corrected chi connectivity index (χ1v) is 33.9. The molecular formula is C92H58N8. The molecule has 14 aromatic carbocycles. The van der Waals surface area contributed by atoms with E-state index in [9.17, 15) is 0 Å². The Morgan fingerprint density at radius 2 is 0.360 bits per heavy atom. The zero-order chi connectivity index (χ0) is 65.8. The minimum absolute atomic E-state index is 0.504. The summed E-state index contributed by atoms with van der Waals surface area (Å²) in [4.78, 5) is 23.0. The average Bonchev–Trinajstić information content (AvgIpc) is 0.972. The van der Waals surface area contributed by atoms with Crippen molar-refractivity contribution in [2.75, 3.05) is 0 Å². The van der Waals surface area contributed by atoms with E-state index in [1.54, 1.807) is 0 Å². The summed E-state index contributed by atoms with van der Waals surface area (Å²) in [7, 11) is 0. The van der Waals surface area contributed by atoms with Crippen molar-refractivity contribution in [3.63, 3.8) is 0 Å². The van der Waals surface area contributed by atoms with Crippen LogP contribution in [0.3, 0.4) is 0 Å². The van der Waals surface area contributed by atoms with Crippen molar-refractivity contribution in [3.05, 3.63) is 352 Å². The molecule has 0 amide bonds. The van der Waals surface area contributed by atoms with Gasteiger partial charge in [-0.25, -0.2) is 19.9 Å². The fraction of sp³-hybridized carbons (Fsp3) is 0. The summed E-state index contributed by atoms with van der Waals surface area (Å²) in [6.45, 7) is 0. The Hall–Kier alpha value is -13.6. The number of nitrogens with zero attached hydrogens (tertiary/aromatic N) is 8. The van der Waals surface area contributed by atoms with Crippen molar-refractivity contribution in [3.8, 4) is 102 Å². The molecule has 6 heterocycles. The van der Waals surface area contributed by atoms with Gasteiger partial charge in [-0.3, -0.25) is 0 Å². The molecule has 6 aromatic heterocycles. The number of aromatic nitrogens is 8. The summed E-state index contributed by atoms with van der Waals surface area (Å²) in [5.41, 5.74) is 22.8. The van der Waals surface area contributed by atoms with Gasteiger partial charge in [0.1, 0.15) is 0 Å². The van der Waals surface area contributed by atoms with Crippen LogP contribution >= 0.6 is 0 Å². The molecule has 0 spiro atoms. The number of pyridine rings is 1. The van der Waals surface area contributed by atoms with E-state index in [0.29, 0.717) is 17.5 Å². The predicted molar refractivity (Wildman–Crippen MR) is 413 cm³/mol. The maximum absolute atomic E-state index is 6.21. The van der Waals surface area contributed by atoms with Gasteiger partial charge in [-0.2, -0.15) is 0 Å². The predicted octanol–water partition coefficient (Wildman–Crippen LogP) is 23.3. The average molecular weight is 1280 g/mol. The van der Waals surface area contributed by atoms with Gasteiger partial charge >= 0.3 is 0 Å². The fourth-order valence-corrected chi connectivity index (χ4v) is 15.6. The van der Waals surface area contributed by atoms with Crippen LogP contribution in [0.2, 0.25) is 0 Å². The summed E-state index contributed by atoms with van der Waals surface area (Å²) >= 11 is 0. The first kappa shape index (κ1) is 56.8. The molecule has 8 nitrogen and oxygen atoms in total. The molecule has 20 rings (SSSR count). The zero-order valence-electron chi connectivity index (χ0n) is 54.1. The van der Waals surface area contributed by atoms with E-state index in [4.69, 9.17) is 19.9 Å². The highest BCUT2D eigenvalue weighted by Gasteiger charge is 2.30. The number of rotatable bonds is 11. The molecule has 20 aromatic rings. The minimum atomic E-state index is 0.504. The lowest BCUT2D eigenvalue weighted by molar-refractivity contribution is 1.07. The second-order valence-corrected chi connectivity index (χ2v) is 25.6. The van der Waals surface area contributed by atoms with E-state index in [0.717, 1.165) is 128 Å². The van der Waals surface area contributed by atoms with Crippen LogP contribution in [0.25, 0.3) is 189 Å². The van der Waals surface area contributed by atoms with Crippen molar-refractivity contribution in [1.82, 2.24) is 38.2 Å². The first-order valence-electron chi connectivity index (χ1n) is 33.9. The lowest BCUT2D eigenvalue weighted by atomic mass is 9.85. The number of hydrogen-bond acceptors (Lipinski definition) is 4. The molecule has 0 atom stereocenters. The van der Waals surface area contributed by atoms with Crippen molar-refractivity contribution >= 4 is 87.2 Å². The third-order valence-electron chi connectivity index (χ3n) is 20.1. The summed E-state index contributed by atoms with van der Waals surface area (Å²) in [6, 6.07) is 126. The number of fused-ring (bicyclic) bond motifs is 12. The second-order valence-electron chi connectivity index (χ2n) is 25.6. The molecule has 0 saturated carbocycles. The third kappa shape index (κ3) is 9.08. The molecule has 0 fully saturated rings. The van der Waals surface area contributed by atoms with E-state index in [1.165, 1.54) is 43.1 Å². The second kappa shape index (κ2) is 23.1. The molecule has 0 aliphatic rings. The third-order valence-corrected chi connectivity index (χ3v) is 20.1. The molecule has 466 valence electrons. The maximum atomic E-state index is 6.21. The van der Waals surface area contributed by atoms with Gasteiger partial charge in [-0.1, -0.05) is 255 Å². The minimum Gasteiger partial charge on any atom is -0.309 e. The van der Waals surface area contributed by atoms with Gasteiger partial charge in [-0.15, -0.1) is 0 Å². The SMILES string of the molecule is c1ccc(-c2nc(-c3ccccc3)nc(-c3c(-c4ccc(-n5c6ccccc6c6ccccc65)cc4)c(-c4ccc(-n5c6ccccc6c6ccccc65)cc4)nc(-c4ccc(-n5c6ccccc6c6ccccc65)cc4)c3-c3ccc(-n4c5ccccc5c5ccccc54)cc3)n2)cc1. The Labute approximate surface area is 575 Å². The molecule has 0 unspecified atom stereocenters. The standard InChI is InChI=1S/C92H58N8/c1-3-23-63(24-4-1)90-94-91(64-25-5-2-6-26-64)96-92(95-90)87-85(59-43-51-65(52-44-59)97-77-35-15-7-27-69(77)70-28-8-16-36-78(70)97)88(61-47-55-67(56-48-61)99-81-39-19-11-31-73(81)74-32-12-20-40-82(74)99)93-89(62-49-57-68(58-50-62)100-83-41-21-13-33-75(83)76-34-14-22-42-84(76)100)86(87)60-45-53-66(54-46-60)98-79-37-17-9-29-71(79)72-30-10-18-38-80(72)98/h1-58H. The topological polar surface area (TPSA) is 71.3 Å². The smallest absolute Gasteiger partial charge is 0.165 e. The normalized spacial score (nSPS) is 11.8. The van der Waals surface area contributed by atoms with Crippen LogP contribution in [0.5, 0.6) is 0 Å². The summed E-state index contributed by atoms with van der Waals surface area (Å²) in [6.07, 6.45) is 0. The number of hydrogen-bond donors (Lipinski definition) is 0. The number of benzene rings is 14. The van der Waals surface area contributed by atoms with Gasteiger partial charge in [0, 0.05) is 105 Å². The van der Waals surface area contributed by atoms with Gasteiger partial charge in [-0.05, 0) is 108 Å². The van der Waals surface area contributed by atoms with Gasteiger partial charge in [0.05, 0.1) is 55.5 Å². The van der Waals surface area contributed by atoms with Gasteiger partial charge < -0.3 is 18.3 Å². The molecule has 8 heteroatoms. The largest absolute Gasteiger partial charge is 0.309 e. The van der Waals surface area contributed by atoms with Gasteiger partial charge in [0.15, 0.2) is 17.5 Å². The van der Waals surface area contributed by atoms with E-state index >= 15 is 0 Å². The van der Waals surface area contributed by atoms with Crippen LogP contribution in [-0.4, -0.2) is 38.2 Å². The van der Waals surface area contributed by atoms with E-state index in [-0.39, 0.29) is 0 Å². The highest BCUT2D eigenvalue weighted by Crippen LogP contribution is 2.50. The maximum Gasteiger partial charge on any atom is 0.165 e. The van der Waals surface area contributed by atoms with Gasteiger partial charge in [0.2, 0.25) is 0 Å². The van der Waals surface area contributed by atoms with Gasteiger partial charge in [0.25, 0.3) is 0 Å². The Bertz CT molecular complexity index is 5990. The van der Waals surface area contributed by atoms with Crippen LogP contribution in [-0.2, 0) is 0 Å². The van der Waals surface area contributed by atoms with Crippen molar-refractivity contribution in [2.45, 2.75) is 0 Å². The Balaban J connectivity index is 0.902. The molecule has 0 N–H and O–H groups in total. The molecule has 0 aliphatic carbocycles. The molecule has 0 aliphatic heterocycles. The van der Waals surface area contributed by atoms with Crippen molar-refractivity contribution < 1.29 is 0 Å². The zero-order valence-corrected chi connectivity index (χ0v) is 54.1. The highest BCUT2D eigenvalue weighted by molar-refractivity contribution is 6.13. The Kier molecular flexibility index (Phi) is 13.1. The quantitative estimate of drug-likeness (QED) is 0.129. The van der Waals surface area contributed by atoms with Crippen LogP contribution in [0.1, 0.15) is 0 Å². The first-order chi connectivity index (χ1) is 49.6. The molecular weight excluding hydrogens is 1220 g/mol. The van der Waals surface area contributed by atoms with E-state index < -0.39 is 0 Å². The van der Waals surface area contributed by atoms with Crippen molar-refractivity contribution in [1.29, 1.82) is 0 Å². The molecule has 0 bridgehead atoms. The lowest BCUT2D eigenvalue weighted by Gasteiger charge is -2.23. The molecule has 100 heavy (non-hydrogen) atoms. The van der Waals surface area contributed by atoms with Crippen LogP contribution in [0.4, 0.5) is 0 Å². The van der Waals surface area contributed by atoms with Crippen LogP contribution < -0.4 is 0 Å². The van der Waals surface area contributed by atoms with Crippen LogP contribution in [0.15, 0.2) is 352 Å². The summed E-state index contributed by atoms with van der Waals surface area (Å²) < 4.78 is 9.50. The lowest BCUT2D eigenvalue weighted by Crippen LogP contribution is -2.06. The van der Waals surface area contributed by atoms with Crippen LogP contribution in [0, 0.1) is 0 Å². The summed E-state index contributed by atoms with van der Waals surface area (Å²) in [5.74, 6) is 1.61. The monoisotopic (exact) mass is 1270 g/mol. The van der Waals surface area contributed by atoms with Crippen molar-refractivity contribution in [2.24, 2.45) is 0 Å². The highest BCUT2D eigenvalue weighted by atomic mass is 15.0. The summed E-state index contributed by atoms with van der Waals surface area (Å²) in [5, 5.41) is 9.61. The van der Waals surface area contributed by atoms with E-state index in [1.807, 2.05) is 36.4 Å². The fourth-order valence-electron chi connectivity index (χ4n) is 15.6. The number of para-hydroxylation sites is 8. The van der Waals surface area contributed by atoms with E-state index in [2.05, 4.69) is 334 Å². The Morgan fingerprint density at radius 3 is 0.610 bits per heavy atom. The molecule has 0 saturated heterocycles.